The van der Waals surface area contributed by atoms with Gasteiger partial charge in [-0.3, -0.25) is 9.69 Å². The minimum absolute atomic E-state index is 0.0972. The SMILES string of the molecule is Cc1cc(N(C)C2CCN(C3CCN(C(C)C)C3=O)CC2)ncn1. The van der Waals surface area contributed by atoms with Crippen LogP contribution in [0.2, 0.25) is 0 Å². The van der Waals surface area contributed by atoms with E-state index in [9.17, 15) is 4.79 Å². The third-order valence-electron chi connectivity index (χ3n) is 5.47. The molecule has 6 nitrogen and oxygen atoms in total. The fraction of sp³-hybridized carbons (Fsp3) is 0.722. The summed E-state index contributed by atoms with van der Waals surface area (Å²) in [5.74, 6) is 1.31. The maximum absolute atomic E-state index is 12.6. The van der Waals surface area contributed by atoms with Crippen LogP contribution >= 0.6 is 0 Å². The van der Waals surface area contributed by atoms with Crippen molar-refractivity contribution in [3.05, 3.63) is 18.1 Å². The fourth-order valence-corrected chi connectivity index (χ4v) is 3.94. The Morgan fingerprint density at radius 1 is 1.17 bits per heavy atom. The van der Waals surface area contributed by atoms with Crippen molar-refractivity contribution in [3.8, 4) is 0 Å². The molecular formula is C18H29N5O. The molecule has 2 saturated heterocycles. The predicted molar refractivity (Wildman–Crippen MR) is 95.0 cm³/mol. The van der Waals surface area contributed by atoms with Gasteiger partial charge in [0.1, 0.15) is 12.1 Å². The minimum atomic E-state index is 0.0972. The molecule has 132 valence electrons. The van der Waals surface area contributed by atoms with Gasteiger partial charge in [-0.1, -0.05) is 0 Å². The van der Waals surface area contributed by atoms with E-state index < -0.39 is 0 Å². The molecule has 3 rings (SSSR count). The molecule has 6 heteroatoms. The maximum Gasteiger partial charge on any atom is 0.240 e. The number of nitrogens with zero attached hydrogens (tertiary/aromatic N) is 5. The second kappa shape index (κ2) is 7.05. The molecule has 0 spiro atoms. The number of aryl methyl sites for hydroxylation is 1. The van der Waals surface area contributed by atoms with Crippen LogP contribution in [0, 0.1) is 6.92 Å². The number of anilines is 1. The molecule has 0 aromatic carbocycles. The second-order valence-corrected chi connectivity index (χ2v) is 7.33. The zero-order chi connectivity index (χ0) is 17.3. The summed E-state index contributed by atoms with van der Waals surface area (Å²) in [6.45, 7) is 9.08. The summed E-state index contributed by atoms with van der Waals surface area (Å²) in [6.07, 6.45) is 4.76. The van der Waals surface area contributed by atoms with Crippen molar-refractivity contribution in [1.29, 1.82) is 0 Å². The van der Waals surface area contributed by atoms with Gasteiger partial charge >= 0.3 is 0 Å². The van der Waals surface area contributed by atoms with Crippen LogP contribution in [0.15, 0.2) is 12.4 Å². The number of carbonyl (C=O) groups is 1. The Morgan fingerprint density at radius 2 is 1.88 bits per heavy atom. The molecule has 0 aliphatic carbocycles. The second-order valence-electron chi connectivity index (χ2n) is 7.33. The quantitative estimate of drug-likeness (QED) is 0.840. The number of hydrogen-bond donors (Lipinski definition) is 0. The Kier molecular flexibility index (Phi) is 5.04. The van der Waals surface area contributed by atoms with Crippen molar-refractivity contribution >= 4 is 11.7 Å². The van der Waals surface area contributed by atoms with E-state index in [1.54, 1.807) is 6.33 Å². The number of likely N-dealkylation sites (tertiary alicyclic amines) is 2. The number of piperidine rings is 1. The lowest BCUT2D eigenvalue weighted by atomic mass is 10.0. The Morgan fingerprint density at radius 3 is 2.46 bits per heavy atom. The average molecular weight is 331 g/mol. The Balaban J connectivity index is 1.57. The van der Waals surface area contributed by atoms with Gasteiger partial charge in [-0.25, -0.2) is 9.97 Å². The molecule has 1 aromatic heterocycles. The third-order valence-corrected chi connectivity index (χ3v) is 5.47. The average Bonchev–Trinajstić information content (AvgIpc) is 2.96. The van der Waals surface area contributed by atoms with Crippen molar-refractivity contribution in [3.63, 3.8) is 0 Å². The molecule has 0 radical (unpaired) electrons. The maximum atomic E-state index is 12.6. The van der Waals surface area contributed by atoms with E-state index in [2.05, 4.69) is 40.7 Å². The first-order valence-electron chi connectivity index (χ1n) is 9.03. The van der Waals surface area contributed by atoms with Crippen molar-refractivity contribution in [1.82, 2.24) is 19.8 Å². The van der Waals surface area contributed by atoms with E-state index in [1.165, 1.54) is 0 Å². The Hall–Kier alpha value is -1.69. The molecule has 1 amide bonds. The molecule has 0 bridgehead atoms. The van der Waals surface area contributed by atoms with Gasteiger partial charge in [0.15, 0.2) is 0 Å². The number of amides is 1. The van der Waals surface area contributed by atoms with Gasteiger partial charge in [0.25, 0.3) is 0 Å². The van der Waals surface area contributed by atoms with Crippen LogP contribution in [0.4, 0.5) is 5.82 Å². The monoisotopic (exact) mass is 331 g/mol. The molecule has 1 atom stereocenters. The van der Waals surface area contributed by atoms with Crippen molar-refractivity contribution in [2.45, 2.75) is 58.2 Å². The normalized spacial score (nSPS) is 23.3. The molecule has 0 N–H and O–H groups in total. The third kappa shape index (κ3) is 3.38. The van der Waals surface area contributed by atoms with Gasteiger partial charge in [-0.2, -0.15) is 0 Å². The highest BCUT2D eigenvalue weighted by Crippen LogP contribution is 2.26. The lowest BCUT2D eigenvalue weighted by Crippen LogP contribution is -2.50. The summed E-state index contributed by atoms with van der Waals surface area (Å²) in [5, 5.41) is 0. The number of carbonyl (C=O) groups excluding carboxylic acids is 1. The van der Waals surface area contributed by atoms with Crippen molar-refractivity contribution in [2.24, 2.45) is 0 Å². The first kappa shape index (κ1) is 17.1. The summed E-state index contributed by atoms with van der Waals surface area (Å²) in [6, 6.07) is 2.92. The minimum Gasteiger partial charge on any atom is -0.356 e. The van der Waals surface area contributed by atoms with Gasteiger partial charge in [-0.15, -0.1) is 0 Å². The van der Waals surface area contributed by atoms with Gasteiger partial charge in [0.2, 0.25) is 5.91 Å². The predicted octanol–water partition coefficient (Wildman–Crippen LogP) is 1.69. The molecule has 3 heterocycles. The zero-order valence-corrected chi connectivity index (χ0v) is 15.3. The first-order chi connectivity index (χ1) is 11.5. The zero-order valence-electron chi connectivity index (χ0n) is 15.3. The highest BCUT2D eigenvalue weighted by atomic mass is 16.2. The van der Waals surface area contributed by atoms with Gasteiger partial charge in [-0.05, 0) is 40.0 Å². The molecule has 2 aliphatic rings. The molecule has 2 fully saturated rings. The molecule has 1 unspecified atom stereocenters. The van der Waals surface area contributed by atoms with E-state index in [4.69, 9.17) is 0 Å². The molecule has 2 aliphatic heterocycles. The first-order valence-corrected chi connectivity index (χ1v) is 9.03. The van der Waals surface area contributed by atoms with Crippen LogP contribution in [-0.2, 0) is 4.79 Å². The number of rotatable bonds is 4. The number of aromatic nitrogens is 2. The standard InChI is InChI=1S/C18H29N5O/c1-13(2)23-10-7-16(18(23)24)22-8-5-15(6-9-22)21(4)17-11-14(3)19-12-20-17/h11-13,15-16H,5-10H2,1-4H3. The summed E-state index contributed by atoms with van der Waals surface area (Å²) in [5.41, 5.74) is 0.995. The summed E-state index contributed by atoms with van der Waals surface area (Å²) >= 11 is 0. The van der Waals surface area contributed by atoms with Crippen LogP contribution in [0.1, 0.15) is 38.8 Å². The van der Waals surface area contributed by atoms with E-state index in [0.29, 0.717) is 18.0 Å². The smallest absolute Gasteiger partial charge is 0.240 e. The highest BCUT2D eigenvalue weighted by Gasteiger charge is 2.38. The van der Waals surface area contributed by atoms with Gasteiger partial charge in [0.05, 0.1) is 6.04 Å². The largest absolute Gasteiger partial charge is 0.356 e. The highest BCUT2D eigenvalue weighted by molar-refractivity contribution is 5.84. The van der Waals surface area contributed by atoms with E-state index in [1.807, 2.05) is 17.9 Å². The topological polar surface area (TPSA) is 52.6 Å². The Labute approximate surface area is 144 Å². The van der Waals surface area contributed by atoms with Crippen LogP contribution in [-0.4, -0.2) is 70.5 Å². The van der Waals surface area contributed by atoms with Gasteiger partial charge < -0.3 is 9.80 Å². The summed E-state index contributed by atoms with van der Waals surface area (Å²) < 4.78 is 0. The van der Waals surface area contributed by atoms with E-state index in [0.717, 1.165) is 50.4 Å². The molecule has 24 heavy (non-hydrogen) atoms. The van der Waals surface area contributed by atoms with Crippen LogP contribution < -0.4 is 4.90 Å². The van der Waals surface area contributed by atoms with Gasteiger partial charge in [0, 0.05) is 50.5 Å². The van der Waals surface area contributed by atoms with Crippen LogP contribution in [0.3, 0.4) is 0 Å². The van der Waals surface area contributed by atoms with E-state index >= 15 is 0 Å². The number of hydrogen-bond acceptors (Lipinski definition) is 5. The van der Waals surface area contributed by atoms with Crippen LogP contribution in [0.25, 0.3) is 0 Å². The van der Waals surface area contributed by atoms with E-state index in [-0.39, 0.29) is 6.04 Å². The Bertz CT molecular complexity index is 583. The molecule has 1 aromatic rings. The van der Waals surface area contributed by atoms with Crippen molar-refractivity contribution < 1.29 is 4.79 Å². The lowest BCUT2D eigenvalue weighted by Gasteiger charge is -2.39. The fourth-order valence-electron chi connectivity index (χ4n) is 3.94. The van der Waals surface area contributed by atoms with Crippen molar-refractivity contribution in [2.75, 3.05) is 31.6 Å². The molecular weight excluding hydrogens is 302 g/mol. The summed E-state index contributed by atoms with van der Waals surface area (Å²) in [4.78, 5) is 27.8. The summed E-state index contributed by atoms with van der Waals surface area (Å²) in [7, 11) is 2.11. The lowest BCUT2D eigenvalue weighted by molar-refractivity contribution is -0.133. The van der Waals surface area contributed by atoms with Crippen LogP contribution in [0.5, 0.6) is 0 Å². The molecule has 0 saturated carbocycles.